The molecule has 0 radical (unpaired) electrons. The van der Waals surface area contributed by atoms with Crippen molar-refractivity contribution in [3.63, 3.8) is 0 Å². The molecule has 9 aromatic carbocycles. The van der Waals surface area contributed by atoms with Crippen LogP contribution in [0.15, 0.2) is 157 Å². The van der Waals surface area contributed by atoms with Gasteiger partial charge in [0.15, 0.2) is 0 Å². The van der Waals surface area contributed by atoms with Crippen LogP contribution in [0.2, 0.25) is 0 Å². The second kappa shape index (κ2) is 11.4. The van der Waals surface area contributed by atoms with Crippen LogP contribution in [0, 0.1) is 0 Å². The smallest absolute Gasteiger partial charge is 0.0636 e. The van der Waals surface area contributed by atoms with Crippen LogP contribution in [-0.2, 0) is 10.8 Å². The molecule has 0 spiro atoms. The lowest BCUT2D eigenvalue weighted by Gasteiger charge is -2.21. The van der Waals surface area contributed by atoms with E-state index in [0.29, 0.717) is 11.1 Å². The Balaban J connectivity index is 1.21. The summed E-state index contributed by atoms with van der Waals surface area (Å²) in [5.41, 5.74) is 7.93. The molecule has 13 rings (SSSR count). The molecule has 4 heterocycles. The Morgan fingerprint density at radius 2 is 0.817 bits per heavy atom. The number of rotatable bonds is 2. The molecule has 60 heavy (non-hydrogen) atoms. The van der Waals surface area contributed by atoms with Crippen molar-refractivity contribution in [1.82, 2.24) is 8.80 Å². The molecule has 0 fully saturated rings. The van der Waals surface area contributed by atoms with Crippen LogP contribution in [0.25, 0.3) is 120 Å². The van der Waals surface area contributed by atoms with Gasteiger partial charge in [-0.15, -0.1) is 0 Å². The molecule has 286 valence electrons. The van der Waals surface area contributed by atoms with Crippen molar-refractivity contribution in [2.75, 3.05) is 0 Å². The summed E-state index contributed by atoms with van der Waals surface area (Å²) >= 11 is 0. The minimum atomic E-state index is -0.522. The molecule has 0 aliphatic heterocycles. The van der Waals surface area contributed by atoms with Crippen molar-refractivity contribution in [3.8, 4) is 22.3 Å². The fourth-order valence-corrected chi connectivity index (χ4v) is 10.1. The van der Waals surface area contributed by atoms with E-state index in [1.807, 2.05) is 48.5 Å². The van der Waals surface area contributed by atoms with Gasteiger partial charge in [0.25, 0.3) is 0 Å². The fourth-order valence-electron chi connectivity index (χ4n) is 10.1. The van der Waals surface area contributed by atoms with E-state index in [4.69, 9.17) is 11.0 Å². The molecule has 0 N–H and O–H groups in total. The van der Waals surface area contributed by atoms with Crippen molar-refractivity contribution in [2.24, 2.45) is 0 Å². The number of para-hydroxylation sites is 2. The Kier molecular flexibility index (Phi) is 4.39. The van der Waals surface area contributed by atoms with Crippen LogP contribution in [0.5, 0.6) is 0 Å². The molecule has 2 heteroatoms. The summed E-state index contributed by atoms with van der Waals surface area (Å²) in [5, 5.41) is 6.34. The number of nitrogens with zero attached hydrogens (tertiary/aromatic N) is 2. The molecule has 0 saturated carbocycles. The molecule has 0 amide bonds. The third-order valence-electron chi connectivity index (χ3n) is 12.7. The maximum Gasteiger partial charge on any atom is 0.0636 e. The molecule has 2 nitrogen and oxygen atoms in total. The number of hydrogen-bond acceptors (Lipinski definition) is 0. The van der Waals surface area contributed by atoms with Gasteiger partial charge in [0.05, 0.1) is 52.3 Å². The van der Waals surface area contributed by atoms with Crippen molar-refractivity contribution in [3.05, 3.63) is 169 Å². The zero-order chi connectivity index (χ0) is 52.6. The van der Waals surface area contributed by atoms with Crippen LogP contribution in [0.1, 0.15) is 71.9 Å². The molecule has 0 aliphatic rings. The zero-order valence-electron chi connectivity index (χ0n) is 47.8. The number of benzene rings is 9. The third-order valence-corrected chi connectivity index (χ3v) is 12.7. The van der Waals surface area contributed by atoms with E-state index >= 15 is 0 Å². The highest BCUT2D eigenvalue weighted by Gasteiger charge is 2.29. The number of aromatic nitrogens is 2. The molecule has 0 bridgehead atoms. The topological polar surface area (TPSA) is 8.82 Å². The Bertz CT molecular complexity index is 4480. The van der Waals surface area contributed by atoms with Crippen LogP contribution >= 0.6 is 0 Å². The van der Waals surface area contributed by atoms with Crippen molar-refractivity contribution in [2.45, 2.75) is 52.4 Å². The van der Waals surface area contributed by atoms with Crippen molar-refractivity contribution in [1.29, 1.82) is 0 Å². The predicted molar refractivity (Wildman–Crippen MR) is 259 cm³/mol. The summed E-state index contributed by atoms with van der Waals surface area (Å²) in [6.45, 7) is 12.9. The van der Waals surface area contributed by atoms with Crippen LogP contribution in [-0.4, -0.2) is 8.80 Å². The number of hydrogen-bond donors (Lipinski definition) is 0. The van der Waals surface area contributed by atoms with Crippen molar-refractivity contribution < 1.29 is 19.2 Å². The maximum absolute atomic E-state index is 9.63. The van der Waals surface area contributed by atoms with Gasteiger partial charge in [0.1, 0.15) is 0 Å². The Hall–Kier alpha value is -6.90. The number of fused-ring (bicyclic) bond motifs is 14. The van der Waals surface area contributed by atoms with Gasteiger partial charge < -0.3 is 8.80 Å². The zero-order valence-corrected chi connectivity index (χ0v) is 33.8. The highest BCUT2D eigenvalue weighted by molar-refractivity contribution is 6.32. The third kappa shape index (κ3) is 4.38. The van der Waals surface area contributed by atoms with Gasteiger partial charge in [-0.1, -0.05) is 175 Å². The second-order valence-electron chi connectivity index (χ2n) is 18.2. The Morgan fingerprint density at radius 3 is 1.23 bits per heavy atom. The standard InChI is InChI=1S/C58H44N2/c1-57(2,3)47-19-11-17-43-51-39(37-23-21-33-13-7-9-15-35(33)29-37)25-27-41-45-32-50-46(31-49(45)59(53(43)47)55(41)51)42-28-26-40(38-24-22-34-14-8-10-16-36(34)30-38)52-44-18-12-20-48(58(4,5)6)54(44)60(50)56(42)52/h7-32H,1-6H3/i7D,8D,9D,10D,13D,14D,15D,16D,21D,22D,23D,24D,29D,30D. The summed E-state index contributed by atoms with van der Waals surface area (Å²) in [6.07, 6.45) is 0. The summed E-state index contributed by atoms with van der Waals surface area (Å²) < 4.78 is 130. The van der Waals surface area contributed by atoms with Gasteiger partial charge in [-0.2, -0.15) is 0 Å². The highest BCUT2D eigenvalue weighted by Crippen LogP contribution is 2.50. The molecular formula is C58H44N2. The van der Waals surface area contributed by atoms with Gasteiger partial charge >= 0.3 is 0 Å². The lowest BCUT2D eigenvalue weighted by Crippen LogP contribution is -2.12. The molecule has 13 aromatic rings. The van der Waals surface area contributed by atoms with Gasteiger partial charge in [-0.05, 0) is 90.0 Å². The van der Waals surface area contributed by atoms with Crippen LogP contribution < -0.4 is 0 Å². The normalized spacial score (nSPS) is 16.4. The van der Waals surface area contributed by atoms with E-state index in [9.17, 15) is 8.22 Å². The van der Waals surface area contributed by atoms with E-state index in [1.165, 1.54) is 0 Å². The van der Waals surface area contributed by atoms with E-state index in [-0.39, 0.29) is 79.8 Å². The summed E-state index contributed by atoms with van der Waals surface area (Å²) in [5.74, 6) is 0. The SMILES string of the molecule is [2H]c1c([2H])c([2H])c2c([2H])c(-c3ccc4c5cc6c(cc5n5c7c(C(C)(C)C)cccc7c3c45)c3ccc(-c4c([2H])c([2H])c5c([2H])c([2H])c([2H])c([2H])c5c4[2H])c4c5cccc(C(C)(C)C)c5n6c34)c([2H])c([2H])c2c1[2H]. The quantitative estimate of drug-likeness (QED) is 0.165. The first-order valence-corrected chi connectivity index (χ1v) is 20.3. The van der Waals surface area contributed by atoms with E-state index in [2.05, 4.69) is 74.6 Å². The molecule has 0 atom stereocenters. The highest BCUT2D eigenvalue weighted by atomic mass is 14.9. The monoisotopic (exact) mass is 782 g/mol. The van der Waals surface area contributed by atoms with Crippen molar-refractivity contribution >= 4 is 97.7 Å². The Labute approximate surface area is 368 Å². The van der Waals surface area contributed by atoms with Crippen LogP contribution in [0.3, 0.4) is 0 Å². The van der Waals surface area contributed by atoms with Gasteiger partial charge in [-0.25, -0.2) is 0 Å². The largest absolute Gasteiger partial charge is 0.308 e. The van der Waals surface area contributed by atoms with E-state index in [0.717, 1.165) is 87.3 Å². The summed E-state index contributed by atoms with van der Waals surface area (Å²) in [7, 11) is 0. The first kappa shape index (κ1) is 23.0. The van der Waals surface area contributed by atoms with Gasteiger partial charge in [-0.3, -0.25) is 0 Å². The van der Waals surface area contributed by atoms with Gasteiger partial charge in [0, 0.05) is 43.1 Å². The molecule has 0 aliphatic carbocycles. The lowest BCUT2D eigenvalue weighted by molar-refractivity contribution is 0.594. The van der Waals surface area contributed by atoms with Crippen LogP contribution in [0.4, 0.5) is 0 Å². The average Bonchev–Trinajstić information content (AvgIpc) is 4.08. The van der Waals surface area contributed by atoms with E-state index in [1.54, 1.807) is 0 Å². The fraction of sp³-hybridized carbons (Fsp3) is 0.138. The molecule has 0 saturated heterocycles. The summed E-state index contributed by atoms with van der Waals surface area (Å²) in [4.78, 5) is 0. The molecular weight excluding hydrogens is 725 g/mol. The minimum Gasteiger partial charge on any atom is -0.308 e. The average molecular weight is 783 g/mol. The lowest BCUT2D eigenvalue weighted by atomic mass is 9.85. The first-order chi connectivity index (χ1) is 34.9. The first-order valence-electron chi connectivity index (χ1n) is 27.3. The molecule has 0 unspecified atom stereocenters. The van der Waals surface area contributed by atoms with Gasteiger partial charge in [0.2, 0.25) is 0 Å². The Morgan fingerprint density at radius 1 is 0.400 bits per heavy atom. The molecule has 4 aromatic heterocycles. The predicted octanol–water partition coefficient (Wildman–Crippen LogP) is 16.2. The minimum absolute atomic E-state index is 0.105. The second-order valence-corrected chi connectivity index (χ2v) is 18.2. The summed E-state index contributed by atoms with van der Waals surface area (Å²) in [6, 6.07) is 18.7. The van der Waals surface area contributed by atoms with E-state index < -0.39 is 48.3 Å². The maximum atomic E-state index is 9.63.